The number of ether oxygens (including phenoxy) is 1. The highest BCUT2D eigenvalue weighted by Crippen LogP contribution is 2.26. The number of piperidine rings is 1. The maximum Gasteiger partial charge on any atom is 0.339 e. The smallest absolute Gasteiger partial charge is 0.339 e. The molecule has 0 unspecified atom stereocenters. The molecule has 0 aliphatic carbocycles. The normalized spacial score (nSPS) is 16.6. The van der Waals surface area contributed by atoms with Crippen LogP contribution >= 0.6 is 0 Å². The summed E-state index contributed by atoms with van der Waals surface area (Å²) in [6, 6.07) is 2.04. The van der Waals surface area contributed by atoms with Gasteiger partial charge in [-0.15, -0.1) is 0 Å². The van der Waals surface area contributed by atoms with Crippen LogP contribution in [0.2, 0.25) is 0 Å². The zero-order valence-electron chi connectivity index (χ0n) is 11.2. The second-order valence-corrected chi connectivity index (χ2v) is 4.84. The number of nitrogens with one attached hydrogen (secondary N) is 1. The van der Waals surface area contributed by atoms with Crippen molar-refractivity contribution in [2.45, 2.75) is 32.6 Å². The fraction of sp³-hybridized carbons (Fsp3) is 0.571. The average molecular weight is 248 g/mol. The maximum absolute atomic E-state index is 11.7. The van der Waals surface area contributed by atoms with Gasteiger partial charge in [0.05, 0.1) is 18.4 Å². The molecule has 0 aromatic carbocycles. The quantitative estimate of drug-likeness (QED) is 0.813. The molecule has 1 aromatic rings. The predicted molar refractivity (Wildman–Crippen MR) is 69.9 cm³/mol. The first-order valence-corrected chi connectivity index (χ1v) is 6.40. The molecule has 1 aliphatic heterocycles. The zero-order valence-corrected chi connectivity index (χ0v) is 11.2. The minimum Gasteiger partial charge on any atom is -0.465 e. The number of esters is 1. The summed E-state index contributed by atoms with van der Waals surface area (Å²) in [5.74, 6) is 0.213. The maximum atomic E-state index is 11.7. The number of aryl methyl sites for hydroxylation is 2. The van der Waals surface area contributed by atoms with Crippen LogP contribution in [0, 0.1) is 13.8 Å². The Morgan fingerprint density at radius 1 is 1.39 bits per heavy atom. The van der Waals surface area contributed by atoms with Crippen LogP contribution in [-0.2, 0) is 4.74 Å². The van der Waals surface area contributed by atoms with Gasteiger partial charge in [-0.3, -0.25) is 4.98 Å². The monoisotopic (exact) mass is 248 g/mol. The molecule has 0 atom stereocenters. The summed E-state index contributed by atoms with van der Waals surface area (Å²) >= 11 is 0. The number of carbonyl (C=O) groups excluding carboxylic acids is 1. The lowest BCUT2D eigenvalue weighted by atomic mass is 9.92. The Morgan fingerprint density at radius 3 is 2.61 bits per heavy atom. The summed E-state index contributed by atoms with van der Waals surface area (Å²) in [6.45, 7) is 5.92. The molecule has 98 valence electrons. The third kappa shape index (κ3) is 2.53. The molecule has 4 heteroatoms. The van der Waals surface area contributed by atoms with Gasteiger partial charge >= 0.3 is 5.97 Å². The Hall–Kier alpha value is -1.42. The van der Waals surface area contributed by atoms with Gasteiger partial charge in [0.15, 0.2) is 0 Å². The molecular formula is C14H20N2O2. The Morgan fingerprint density at radius 2 is 2.06 bits per heavy atom. The van der Waals surface area contributed by atoms with Gasteiger partial charge < -0.3 is 10.1 Å². The zero-order chi connectivity index (χ0) is 13.1. The van der Waals surface area contributed by atoms with E-state index in [1.54, 1.807) is 0 Å². The van der Waals surface area contributed by atoms with Crippen molar-refractivity contribution < 1.29 is 9.53 Å². The van der Waals surface area contributed by atoms with Crippen molar-refractivity contribution in [2.75, 3.05) is 20.2 Å². The number of methoxy groups -OCH3 is 1. The molecule has 18 heavy (non-hydrogen) atoms. The SMILES string of the molecule is COC(=O)c1c(C)cc(C2CCNCC2)nc1C. The molecule has 2 heterocycles. The van der Waals surface area contributed by atoms with Crippen LogP contribution in [0.1, 0.15) is 46.1 Å². The van der Waals surface area contributed by atoms with E-state index in [4.69, 9.17) is 4.74 Å². The van der Waals surface area contributed by atoms with Crippen LogP contribution in [0.15, 0.2) is 6.07 Å². The number of rotatable bonds is 2. The number of carbonyl (C=O) groups is 1. The lowest BCUT2D eigenvalue weighted by Gasteiger charge is -2.23. The van der Waals surface area contributed by atoms with Gasteiger partial charge in [0, 0.05) is 11.6 Å². The molecular weight excluding hydrogens is 228 g/mol. The van der Waals surface area contributed by atoms with Crippen molar-refractivity contribution >= 4 is 5.97 Å². The van der Waals surface area contributed by atoms with Crippen molar-refractivity contribution in [3.8, 4) is 0 Å². The first-order chi connectivity index (χ1) is 8.63. The largest absolute Gasteiger partial charge is 0.465 e. The highest BCUT2D eigenvalue weighted by molar-refractivity contribution is 5.92. The van der Waals surface area contributed by atoms with E-state index in [0.717, 1.165) is 42.9 Å². The third-order valence-electron chi connectivity index (χ3n) is 3.56. The molecule has 0 bridgehead atoms. The summed E-state index contributed by atoms with van der Waals surface area (Å²) in [6.07, 6.45) is 2.23. The van der Waals surface area contributed by atoms with Gasteiger partial charge in [-0.05, 0) is 51.4 Å². The van der Waals surface area contributed by atoms with E-state index < -0.39 is 0 Å². The highest BCUT2D eigenvalue weighted by Gasteiger charge is 2.20. The predicted octanol–water partition coefficient (Wildman–Crippen LogP) is 1.95. The number of hydrogen-bond donors (Lipinski definition) is 1. The molecule has 1 N–H and O–H groups in total. The Labute approximate surface area is 108 Å². The van der Waals surface area contributed by atoms with Crippen molar-refractivity contribution in [1.29, 1.82) is 0 Å². The molecule has 1 fully saturated rings. The van der Waals surface area contributed by atoms with Crippen molar-refractivity contribution in [2.24, 2.45) is 0 Å². The van der Waals surface area contributed by atoms with Gasteiger partial charge in [0.2, 0.25) is 0 Å². The van der Waals surface area contributed by atoms with Gasteiger partial charge in [0.1, 0.15) is 0 Å². The van der Waals surface area contributed by atoms with Crippen molar-refractivity contribution in [3.05, 3.63) is 28.6 Å². The standard InChI is InChI=1S/C14H20N2O2/c1-9-8-12(11-4-6-15-7-5-11)16-10(2)13(9)14(17)18-3/h8,11,15H,4-7H2,1-3H3. The topological polar surface area (TPSA) is 51.2 Å². The summed E-state index contributed by atoms with van der Waals surface area (Å²) in [5, 5.41) is 3.35. The van der Waals surface area contributed by atoms with Crippen LogP contribution in [0.3, 0.4) is 0 Å². The molecule has 1 saturated heterocycles. The summed E-state index contributed by atoms with van der Waals surface area (Å²) < 4.78 is 4.79. The summed E-state index contributed by atoms with van der Waals surface area (Å²) in [5.41, 5.74) is 3.45. The number of aromatic nitrogens is 1. The van der Waals surface area contributed by atoms with Crippen molar-refractivity contribution in [1.82, 2.24) is 10.3 Å². The van der Waals surface area contributed by atoms with Crippen LogP contribution in [0.5, 0.6) is 0 Å². The number of pyridine rings is 1. The van der Waals surface area contributed by atoms with Crippen LogP contribution in [0.25, 0.3) is 0 Å². The van der Waals surface area contributed by atoms with Gasteiger partial charge in [-0.1, -0.05) is 0 Å². The lowest BCUT2D eigenvalue weighted by Crippen LogP contribution is -2.27. The average Bonchev–Trinajstić information content (AvgIpc) is 2.38. The molecule has 1 aliphatic rings. The van der Waals surface area contributed by atoms with E-state index in [0.29, 0.717) is 11.5 Å². The van der Waals surface area contributed by atoms with Crippen LogP contribution in [0.4, 0.5) is 0 Å². The summed E-state index contributed by atoms with van der Waals surface area (Å²) in [4.78, 5) is 16.3. The number of nitrogens with zero attached hydrogens (tertiary/aromatic N) is 1. The molecule has 0 saturated carbocycles. The lowest BCUT2D eigenvalue weighted by molar-refractivity contribution is 0.0598. The van der Waals surface area contributed by atoms with E-state index in [2.05, 4.69) is 10.3 Å². The fourth-order valence-corrected chi connectivity index (χ4v) is 2.60. The second kappa shape index (κ2) is 5.48. The number of hydrogen-bond acceptors (Lipinski definition) is 4. The van der Waals surface area contributed by atoms with E-state index in [-0.39, 0.29) is 5.97 Å². The van der Waals surface area contributed by atoms with E-state index in [1.165, 1.54) is 7.11 Å². The van der Waals surface area contributed by atoms with Gasteiger partial charge in [-0.2, -0.15) is 0 Å². The van der Waals surface area contributed by atoms with Crippen molar-refractivity contribution in [3.63, 3.8) is 0 Å². The molecule has 0 spiro atoms. The van der Waals surface area contributed by atoms with E-state index in [1.807, 2.05) is 19.9 Å². The molecule has 2 rings (SSSR count). The third-order valence-corrected chi connectivity index (χ3v) is 3.56. The molecule has 0 amide bonds. The molecule has 1 aromatic heterocycles. The van der Waals surface area contributed by atoms with Crippen LogP contribution < -0.4 is 5.32 Å². The van der Waals surface area contributed by atoms with E-state index >= 15 is 0 Å². The minimum atomic E-state index is -0.297. The first kappa shape index (κ1) is 13.0. The Kier molecular flexibility index (Phi) is 3.97. The van der Waals surface area contributed by atoms with Gasteiger partial charge in [-0.25, -0.2) is 4.79 Å². The molecule has 4 nitrogen and oxygen atoms in total. The first-order valence-electron chi connectivity index (χ1n) is 6.40. The fourth-order valence-electron chi connectivity index (χ4n) is 2.60. The Balaban J connectivity index is 2.32. The highest BCUT2D eigenvalue weighted by atomic mass is 16.5. The van der Waals surface area contributed by atoms with Crippen LogP contribution in [-0.4, -0.2) is 31.2 Å². The van der Waals surface area contributed by atoms with Gasteiger partial charge in [0.25, 0.3) is 0 Å². The Bertz CT molecular complexity index is 428. The summed E-state index contributed by atoms with van der Waals surface area (Å²) in [7, 11) is 1.40. The minimum absolute atomic E-state index is 0.297. The molecule has 0 radical (unpaired) electrons. The van der Waals surface area contributed by atoms with E-state index in [9.17, 15) is 4.79 Å². The second-order valence-electron chi connectivity index (χ2n) is 4.84.